The predicted octanol–water partition coefficient (Wildman–Crippen LogP) is 2.02. The number of carbonyl (C=O) groups is 1. The van der Waals surface area contributed by atoms with E-state index in [0.29, 0.717) is 12.2 Å². The summed E-state index contributed by atoms with van der Waals surface area (Å²) < 4.78 is 5.55. The third-order valence-corrected chi connectivity index (χ3v) is 4.12. The summed E-state index contributed by atoms with van der Waals surface area (Å²) in [4.78, 5) is 14.3. The van der Waals surface area contributed by atoms with Gasteiger partial charge in [0.2, 0.25) is 5.91 Å². The molecular weight excluding hydrogens is 266 g/mol. The molecule has 5 nitrogen and oxygen atoms in total. The van der Waals surface area contributed by atoms with E-state index in [1.54, 1.807) is 13.2 Å². The summed E-state index contributed by atoms with van der Waals surface area (Å²) in [5.41, 5.74) is 8.08. The highest BCUT2D eigenvalue weighted by atomic mass is 16.5. The Morgan fingerprint density at radius 1 is 1.52 bits per heavy atom. The van der Waals surface area contributed by atoms with Crippen LogP contribution in [0.15, 0.2) is 18.2 Å². The van der Waals surface area contributed by atoms with Gasteiger partial charge in [-0.25, -0.2) is 0 Å². The molecule has 116 valence electrons. The van der Waals surface area contributed by atoms with E-state index in [9.17, 15) is 4.79 Å². The summed E-state index contributed by atoms with van der Waals surface area (Å²) in [6, 6.07) is 5.50. The first-order valence-corrected chi connectivity index (χ1v) is 7.35. The Morgan fingerprint density at radius 2 is 2.29 bits per heavy atom. The highest BCUT2D eigenvalue weighted by Crippen LogP contribution is 2.24. The first-order valence-electron chi connectivity index (χ1n) is 7.35. The van der Waals surface area contributed by atoms with E-state index in [1.165, 1.54) is 0 Å². The maximum absolute atomic E-state index is 12.2. The van der Waals surface area contributed by atoms with Crippen molar-refractivity contribution >= 4 is 17.3 Å². The Kier molecular flexibility index (Phi) is 4.85. The number of nitrogen functional groups attached to an aromatic ring is 1. The molecule has 0 aromatic heterocycles. The molecule has 2 rings (SSSR count). The highest BCUT2D eigenvalue weighted by molar-refractivity contribution is 5.93. The molecule has 0 saturated carbocycles. The van der Waals surface area contributed by atoms with Crippen LogP contribution in [0.4, 0.5) is 11.4 Å². The van der Waals surface area contributed by atoms with Crippen molar-refractivity contribution in [2.24, 2.45) is 0 Å². The molecule has 0 bridgehead atoms. The van der Waals surface area contributed by atoms with Crippen LogP contribution in [0.3, 0.4) is 0 Å². The molecule has 1 aliphatic heterocycles. The number of amides is 1. The Hall–Kier alpha value is -1.59. The monoisotopic (exact) mass is 291 g/mol. The Labute approximate surface area is 126 Å². The summed E-state index contributed by atoms with van der Waals surface area (Å²) in [5.74, 6) is 0.00299. The van der Waals surface area contributed by atoms with Crippen molar-refractivity contribution in [3.8, 4) is 0 Å². The fraction of sp³-hybridized carbons (Fsp3) is 0.562. The van der Waals surface area contributed by atoms with Gasteiger partial charge in [-0.15, -0.1) is 0 Å². The lowest BCUT2D eigenvalue weighted by Gasteiger charge is -2.39. The second-order valence-corrected chi connectivity index (χ2v) is 6.09. The summed E-state index contributed by atoms with van der Waals surface area (Å²) in [5, 5.41) is 2.95. The van der Waals surface area contributed by atoms with E-state index in [-0.39, 0.29) is 11.5 Å². The van der Waals surface area contributed by atoms with Crippen LogP contribution in [-0.4, -0.2) is 43.2 Å². The smallest absolute Gasteiger partial charge is 0.238 e. The molecule has 1 atom stereocenters. The molecule has 0 spiro atoms. The molecule has 5 heteroatoms. The van der Waals surface area contributed by atoms with Crippen LogP contribution < -0.4 is 11.1 Å². The highest BCUT2D eigenvalue weighted by Gasteiger charge is 2.31. The number of nitrogens with two attached hydrogens (primary N) is 1. The Bertz CT molecular complexity index is 518. The van der Waals surface area contributed by atoms with Gasteiger partial charge in [-0.1, -0.05) is 0 Å². The number of carbonyl (C=O) groups excluding carboxylic acids is 1. The zero-order chi connectivity index (χ0) is 15.5. The molecule has 0 aliphatic carbocycles. The van der Waals surface area contributed by atoms with Crippen molar-refractivity contribution in [1.82, 2.24) is 4.90 Å². The first kappa shape index (κ1) is 15.8. The lowest BCUT2D eigenvalue weighted by Crippen LogP contribution is -2.49. The van der Waals surface area contributed by atoms with Gasteiger partial charge < -0.3 is 15.8 Å². The van der Waals surface area contributed by atoms with E-state index in [4.69, 9.17) is 10.5 Å². The van der Waals surface area contributed by atoms with Crippen LogP contribution >= 0.6 is 0 Å². The van der Waals surface area contributed by atoms with Gasteiger partial charge in [-0.3, -0.25) is 9.69 Å². The number of benzene rings is 1. The quantitative estimate of drug-likeness (QED) is 0.833. The van der Waals surface area contributed by atoms with Gasteiger partial charge in [-0.05, 0) is 57.0 Å². The average molecular weight is 291 g/mol. The normalized spacial score (nSPS) is 23.0. The standard InChI is InChI=1S/C16H25N3O2/c1-12-9-13(17)5-6-14(12)18-15(20)10-19-8-4-7-16(2,11-19)21-3/h5-6,9H,4,7-8,10-11,17H2,1-3H3,(H,18,20). The van der Waals surface area contributed by atoms with E-state index in [2.05, 4.69) is 17.1 Å². The molecule has 1 aliphatic rings. The van der Waals surface area contributed by atoms with Gasteiger partial charge in [0.1, 0.15) is 0 Å². The van der Waals surface area contributed by atoms with Crippen molar-refractivity contribution in [3.05, 3.63) is 23.8 Å². The SMILES string of the molecule is COC1(C)CCCN(CC(=O)Nc2ccc(N)cc2C)C1. The van der Waals surface area contributed by atoms with Gasteiger partial charge in [0.25, 0.3) is 0 Å². The number of methoxy groups -OCH3 is 1. The average Bonchev–Trinajstić information content (AvgIpc) is 2.42. The van der Waals surface area contributed by atoms with Crippen molar-refractivity contribution in [2.45, 2.75) is 32.3 Å². The molecular formula is C16H25N3O2. The zero-order valence-corrected chi connectivity index (χ0v) is 13.1. The summed E-state index contributed by atoms with van der Waals surface area (Å²) >= 11 is 0. The molecule has 1 fully saturated rings. The van der Waals surface area contributed by atoms with Gasteiger partial charge in [0.15, 0.2) is 0 Å². The molecule has 1 unspecified atom stereocenters. The molecule has 1 saturated heterocycles. The van der Waals surface area contributed by atoms with E-state index < -0.39 is 0 Å². The van der Waals surface area contributed by atoms with Crippen LogP contribution in [0, 0.1) is 6.92 Å². The van der Waals surface area contributed by atoms with E-state index >= 15 is 0 Å². The number of rotatable bonds is 4. The number of ether oxygens (including phenoxy) is 1. The predicted molar refractivity (Wildman–Crippen MR) is 85.3 cm³/mol. The Balaban J connectivity index is 1.92. The number of hydrogen-bond acceptors (Lipinski definition) is 4. The lowest BCUT2D eigenvalue weighted by molar-refractivity contribution is -0.119. The number of nitrogens with one attached hydrogen (secondary N) is 1. The lowest BCUT2D eigenvalue weighted by atomic mass is 9.95. The topological polar surface area (TPSA) is 67.6 Å². The summed E-state index contributed by atoms with van der Waals surface area (Å²) in [7, 11) is 1.74. The van der Waals surface area contributed by atoms with Crippen LogP contribution in [0.25, 0.3) is 0 Å². The molecule has 3 N–H and O–H groups in total. The molecule has 1 aromatic rings. The van der Waals surface area contributed by atoms with Crippen molar-refractivity contribution < 1.29 is 9.53 Å². The van der Waals surface area contributed by atoms with E-state index in [0.717, 1.165) is 37.2 Å². The molecule has 1 aromatic carbocycles. The second kappa shape index (κ2) is 6.45. The molecule has 21 heavy (non-hydrogen) atoms. The van der Waals surface area contributed by atoms with E-state index in [1.807, 2.05) is 19.1 Å². The third kappa shape index (κ3) is 4.19. The number of piperidine rings is 1. The van der Waals surface area contributed by atoms with Crippen LogP contribution in [-0.2, 0) is 9.53 Å². The third-order valence-electron chi connectivity index (χ3n) is 4.12. The van der Waals surface area contributed by atoms with Gasteiger partial charge in [0.05, 0.1) is 12.1 Å². The minimum Gasteiger partial charge on any atom is -0.399 e. The minimum atomic E-state index is -0.143. The fourth-order valence-corrected chi connectivity index (χ4v) is 2.83. The van der Waals surface area contributed by atoms with Crippen LogP contribution in [0.1, 0.15) is 25.3 Å². The Morgan fingerprint density at radius 3 is 2.95 bits per heavy atom. The number of likely N-dealkylation sites (tertiary alicyclic amines) is 1. The van der Waals surface area contributed by atoms with Crippen LogP contribution in [0.5, 0.6) is 0 Å². The molecule has 0 radical (unpaired) electrons. The second-order valence-electron chi connectivity index (χ2n) is 6.09. The first-order chi connectivity index (χ1) is 9.92. The number of anilines is 2. The van der Waals surface area contributed by atoms with Crippen LogP contribution in [0.2, 0.25) is 0 Å². The van der Waals surface area contributed by atoms with Gasteiger partial charge >= 0.3 is 0 Å². The van der Waals surface area contributed by atoms with Gasteiger partial charge in [0, 0.05) is 25.0 Å². The summed E-state index contributed by atoms with van der Waals surface area (Å²) in [6.07, 6.45) is 2.09. The summed E-state index contributed by atoms with van der Waals surface area (Å²) in [6.45, 7) is 6.16. The van der Waals surface area contributed by atoms with Crippen molar-refractivity contribution in [3.63, 3.8) is 0 Å². The largest absolute Gasteiger partial charge is 0.399 e. The molecule has 1 heterocycles. The number of hydrogen-bond donors (Lipinski definition) is 2. The van der Waals surface area contributed by atoms with Gasteiger partial charge in [-0.2, -0.15) is 0 Å². The molecule has 1 amide bonds. The van der Waals surface area contributed by atoms with Crippen molar-refractivity contribution in [2.75, 3.05) is 37.8 Å². The zero-order valence-electron chi connectivity index (χ0n) is 13.1. The minimum absolute atomic E-state index is 0.00299. The number of aryl methyl sites for hydroxylation is 1. The maximum atomic E-state index is 12.2. The fourth-order valence-electron chi connectivity index (χ4n) is 2.83. The number of nitrogens with zero attached hydrogens (tertiary/aromatic N) is 1. The van der Waals surface area contributed by atoms with Crippen molar-refractivity contribution in [1.29, 1.82) is 0 Å². The maximum Gasteiger partial charge on any atom is 0.238 e.